The molecule has 5 nitrogen and oxygen atoms in total. The van der Waals surface area contributed by atoms with E-state index in [1.54, 1.807) is 0 Å². The fraction of sp³-hybridized carbons (Fsp3) is 0.909. The molecule has 5 heteroatoms. The van der Waals surface area contributed by atoms with Crippen molar-refractivity contribution < 1.29 is 5.11 Å². The third-order valence-electron chi connectivity index (χ3n) is 3.31. The number of hydrogen-bond acceptors (Lipinski definition) is 3. The van der Waals surface area contributed by atoms with Gasteiger partial charge in [-0.15, -0.1) is 5.10 Å². The summed E-state index contributed by atoms with van der Waals surface area (Å²) in [4.78, 5) is 0. The zero-order valence-corrected chi connectivity index (χ0v) is 9.64. The summed E-state index contributed by atoms with van der Waals surface area (Å²) in [6, 6.07) is 0. The molecule has 0 saturated heterocycles. The van der Waals surface area contributed by atoms with E-state index in [1.807, 2.05) is 4.68 Å². The van der Waals surface area contributed by atoms with Crippen LogP contribution < -0.4 is 0 Å². The first-order valence-corrected chi connectivity index (χ1v) is 6.23. The number of hydrogen-bond donors (Lipinski definition) is 0. The molecular formula is C11H19N4O. The second kappa shape index (κ2) is 5.94. The van der Waals surface area contributed by atoms with E-state index in [1.165, 1.54) is 32.1 Å². The summed E-state index contributed by atoms with van der Waals surface area (Å²) in [6.07, 6.45) is 7.97. The molecule has 1 fully saturated rings. The van der Waals surface area contributed by atoms with Crippen molar-refractivity contribution >= 4 is 0 Å². The number of nitrogens with zero attached hydrogens (tertiary/aromatic N) is 4. The van der Waals surface area contributed by atoms with Gasteiger partial charge in [-0.1, -0.05) is 19.3 Å². The summed E-state index contributed by atoms with van der Waals surface area (Å²) in [5.74, 6) is 1.60. The standard InChI is InChI=1S/C11H19N4O/c16-8-4-7-11-12-13-14-15(11)9-10-5-2-1-3-6-10/h10H,1-9H2. The van der Waals surface area contributed by atoms with E-state index >= 15 is 0 Å². The molecule has 1 aliphatic rings. The quantitative estimate of drug-likeness (QED) is 0.762. The lowest BCUT2D eigenvalue weighted by Crippen LogP contribution is -2.17. The number of rotatable bonds is 5. The number of aromatic nitrogens is 4. The molecule has 0 aromatic carbocycles. The topological polar surface area (TPSA) is 63.5 Å². The zero-order valence-electron chi connectivity index (χ0n) is 9.64. The fourth-order valence-corrected chi connectivity index (χ4v) is 2.39. The third kappa shape index (κ3) is 3.01. The van der Waals surface area contributed by atoms with Crippen LogP contribution in [0.15, 0.2) is 0 Å². The van der Waals surface area contributed by atoms with Crippen LogP contribution in [0.1, 0.15) is 44.3 Å². The van der Waals surface area contributed by atoms with Crippen LogP contribution in [0.5, 0.6) is 0 Å². The van der Waals surface area contributed by atoms with Crippen molar-refractivity contribution in [2.24, 2.45) is 5.92 Å². The Morgan fingerprint density at radius 2 is 2.06 bits per heavy atom. The fourth-order valence-electron chi connectivity index (χ4n) is 2.39. The van der Waals surface area contributed by atoms with Gasteiger partial charge < -0.3 is 0 Å². The van der Waals surface area contributed by atoms with Gasteiger partial charge in [0.1, 0.15) is 0 Å². The molecule has 0 aliphatic heterocycles. The molecule has 1 saturated carbocycles. The maximum atomic E-state index is 10.4. The van der Waals surface area contributed by atoms with Gasteiger partial charge in [-0.05, 0) is 35.6 Å². The minimum absolute atomic E-state index is 0.0453. The van der Waals surface area contributed by atoms with Crippen molar-refractivity contribution in [1.82, 2.24) is 20.2 Å². The predicted octanol–water partition coefficient (Wildman–Crippen LogP) is 1.62. The number of tetrazole rings is 1. The molecule has 0 atom stereocenters. The minimum Gasteiger partial charge on any atom is -0.237 e. The first kappa shape index (κ1) is 11.5. The lowest BCUT2D eigenvalue weighted by atomic mass is 9.89. The monoisotopic (exact) mass is 223 g/mol. The second-order valence-corrected chi connectivity index (χ2v) is 4.59. The summed E-state index contributed by atoms with van der Waals surface area (Å²) in [5.41, 5.74) is 0. The first-order valence-electron chi connectivity index (χ1n) is 6.23. The third-order valence-corrected chi connectivity index (χ3v) is 3.31. The van der Waals surface area contributed by atoms with Gasteiger partial charge >= 0.3 is 0 Å². The van der Waals surface area contributed by atoms with Crippen molar-refractivity contribution in [2.45, 2.75) is 51.5 Å². The average molecular weight is 223 g/mol. The highest BCUT2D eigenvalue weighted by molar-refractivity contribution is 4.82. The molecule has 1 aliphatic carbocycles. The lowest BCUT2D eigenvalue weighted by Gasteiger charge is -2.21. The average Bonchev–Trinajstić information content (AvgIpc) is 2.75. The largest absolute Gasteiger partial charge is 0.237 e. The Morgan fingerprint density at radius 1 is 1.25 bits per heavy atom. The lowest BCUT2D eigenvalue weighted by molar-refractivity contribution is 0.188. The summed E-state index contributed by atoms with van der Waals surface area (Å²) in [6.45, 7) is 0.886. The molecule has 89 valence electrons. The highest BCUT2D eigenvalue weighted by atomic mass is 16.2. The summed E-state index contributed by atoms with van der Waals surface area (Å²) >= 11 is 0. The van der Waals surface area contributed by atoms with Crippen LogP contribution >= 0.6 is 0 Å². The normalized spacial score (nSPS) is 17.8. The van der Waals surface area contributed by atoms with Crippen molar-refractivity contribution in [3.05, 3.63) is 5.82 Å². The van der Waals surface area contributed by atoms with Crippen LogP contribution in [0.3, 0.4) is 0 Å². The van der Waals surface area contributed by atoms with Crippen LogP contribution in [0.2, 0.25) is 0 Å². The second-order valence-electron chi connectivity index (χ2n) is 4.59. The summed E-state index contributed by atoms with van der Waals surface area (Å²) in [5, 5.41) is 22.1. The van der Waals surface area contributed by atoms with Crippen LogP contribution in [-0.2, 0) is 18.1 Å². The van der Waals surface area contributed by atoms with Gasteiger partial charge in [-0.3, -0.25) is 0 Å². The number of aryl methyl sites for hydroxylation is 1. The highest BCUT2D eigenvalue weighted by Gasteiger charge is 2.16. The van der Waals surface area contributed by atoms with E-state index in [-0.39, 0.29) is 6.61 Å². The van der Waals surface area contributed by atoms with E-state index in [0.29, 0.717) is 12.8 Å². The van der Waals surface area contributed by atoms with E-state index in [2.05, 4.69) is 15.5 Å². The molecule has 1 radical (unpaired) electrons. The van der Waals surface area contributed by atoms with Crippen LogP contribution in [0.25, 0.3) is 0 Å². The van der Waals surface area contributed by atoms with Gasteiger partial charge in [0.2, 0.25) is 0 Å². The van der Waals surface area contributed by atoms with E-state index in [4.69, 9.17) is 0 Å². The maximum absolute atomic E-state index is 10.4. The summed E-state index contributed by atoms with van der Waals surface area (Å²) < 4.78 is 1.89. The van der Waals surface area contributed by atoms with Gasteiger partial charge in [-0.25, -0.2) is 9.79 Å². The van der Waals surface area contributed by atoms with Crippen molar-refractivity contribution in [1.29, 1.82) is 0 Å². The Bertz CT molecular complexity index is 307. The molecular weight excluding hydrogens is 204 g/mol. The van der Waals surface area contributed by atoms with Crippen molar-refractivity contribution in [3.8, 4) is 0 Å². The molecule has 16 heavy (non-hydrogen) atoms. The molecule has 1 aromatic heterocycles. The Balaban J connectivity index is 1.89. The molecule has 1 aromatic rings. The van der Waals surface area contributed by atoms with Crippen LogP contribution in [-0.4, -0.2) is 26.8 Å². The first-order chi connectivity index (χ1) is 7.90. The van der Waals surface area contributed by atoms with Crippen LogP contribution in [0, 0.1) is 5.92 Å². The van der Waals surface area contributed by atoms with Gasteiger partial charge in [0.25, 0.3) is 0 Å². The van der Waals surface area contributed by atoms with Crippen molar-refractivity contribution in [2.75, 3.05) is 6.61 Å². The van der Waals surface area contributed by atoms with Gasteiger partial charge in [0.05, 0.1) is 6.61 Å². The van der Waals surface area contributed by atoms with E-state index in [9.17, 15) is 5.11 Å². The van der Waals surface area contributed by atoms with Gasteiger partial charge in [-0.2, -0.15) is 0 Å². The maximum Gasteiger partial charge on any atom is 0.151 e. The predicted molar refractivity (Wildman–Crippen MR) is 58.3 cm³/mol. The molecule has 0 N–H and O–H groups in total. The van der Waals surface area contributed by atoms with Gasteiger partial charge in [0.15, 0.2) is 5.82 Å². The molecule has 0 amide bonds. The Hall–Kier alpha value is -0.970. The van der Waals surface area contributed by atoms with E-state index < -0.39 is 0 Å². The smallest absolute Gasteiger partial charge is 0.151 e. The molecule has 0 spiro atoms. The molecule has 0 unspecified atom stereocenters. The Morgan fingerprint density at radius 3 is 2.81 bits per heavy atom. The SMILES string of the molecule is [O]CCCc1nnnn1CC1CCCCC1. The zero-order chi connectivity index (χ0) is 11.2. The molecule has 2 rings (SSSR count). The highest BCUT2D eigenvalue weighted by Crippen LogP contribution is 2.24. The molecule has 1 heterocycles. The molecule has 0 bridgehead atoms. The van der Waals surface area contributed by atoms with Crippen LogP contribution in [0.4, 0.5) is 0 Å². The van der Waals surface area contributed by atoms with Crippen molar-refractivity contribution in [3.63, 3.8) is 0 Å². The Labute approximate surface area is 95.9 Å². The Kier molecular flexibility index (Phi) is 4.27. The van der Waals surface area contributed by atoms with Gasteiger partial charge in [0, 0.05) is 13.0 Å². The van der Waals surface area contributed by atoms with E-state index in [0.717, 1.165) is 18.3 Å². The summed E-state index contributed by atoms with van der Waals surface area (Å²) in [7, 11) is 0. The minimum atomic E-state index is -0.0453.